The van der Waals surface area contributed by atoms with Crippen molar-refractivity contribution in [3.8, 4) is 0 Å². The van der Waals surface area contributed by atoms with Crippen molar-refractivity contribution in [2.24, 2.45) is 0 Å². The predicted octanol–water partition coefficient (Wildman–Crippen LogP) is -0.905. The van der Waals surface area contributed by atoms with Gasteiger partial charge in [0.05, 0.1) is 0 Å². The molecule has 0 saturated carbocycles. The van der Waals surface area contributed by atoms with E-state index >= 15 is 0 Å². The number of rotatable bonds is 8. The van der Waals surface area contributed by atoms with Crippen LogP contribution in [0.1, 0.15) is 0 Å². The fourth-order valence-corrected chi connectivity index (χ4v) is 0.874. The quantitative estimate of drug-likeness (QED) is 0.478. The third-order valence-electron chi connectivity index (χ3n) is 2.03. The van der Waals surface area contributed by atoms with E-state index in [-0.39, 0.29) is 0 Å². The largest absolute Gasteiger partial charge is 0.347 e. The van der Waals surface area contributed by atoms with E-state index in [2.05, 4.69) is 4.90 Å². The number of carbonyl (C=O) groups is 2. The molecule has 5 nitrogen and oxygen atoms in total. The van der Waals surface area contributed by atoms with Crippen LogP contribution in [0.25, 0.3) is 0 Å². The number of nitrogens with zero attached hydrogens (tertiary/aromatic N) is 3. The molecule has 14 heavy (non-hydrogen) atoms. The maximum Gasteiger partial charge on any atom is 0.209 e. The molecule has 0 aliphatic heterocycles. The SMILES string of the molecule is CN(C=O)CCN(C)CCN(C)C=O. The van der Waals surface area contributed by atoms with Gasteiger partial charge in [0, 0.05) is 40.3 Å². The lowest BCUT2D eigenvalue weighted by Crippen LogP contribution is -2.35. The summed E-state index contributed by atoms with van der Waals surface area (Å²) >= 11 is 0. The molecule has 0 aromatic heterocycles. The van der Waals surface area contributed by atoms with Gasteiger partial charge in [0.15, 0.2) is 0 Å². The average molecular weight is 201 g/mol. The molecule has 0 saturated heterocycles. The van der Waals surface area contributed by atoms with Crippen LogP contribution >= 0.6 is 0 Å². The van der Waals surface area contributed by atoms with Gasteiger partial charge in [0.25, 0.3) is 0 Å². The zero-order valence-electron chi connectivity index (χ0n) is 9.14. The Morgan fingerprint density at radius 3 is 1.43 bits per heavy atom. The number of hydrogen-bond acceptors (Lipinski definition) is 3. The molecule has 5 heteroatoms. The molecule has 82 valence electrons. The highest BCUT2D eigenvalue weighted by atomic mass is 16.1. The Morgan fingerprint density at radius 1 is 0.786 bits per heavy atom. The molecule has 0 aromatic carbocycles. The van der Waals surface area contributed by atoms with Crippen molar-refractivity contribution in [2.75, 3.05) is 47.3 Å². The fourth-order valence-electron chi connectivity index (χ4n) is 0.874. The van der Waals surface area contributed by atoms with E-state index in [0.29, 0.717) is 13.1 Å². The van der Waals surface area contributed by atoms with Crippen molar-refractivity contribution in [1.82, 2.24) is 14.7 Å². The van der Waals surface area contributed by atoms with Gasteiger partial charge in [-0.2, -0.15) is 0 Å². The van der Waals surface area contributed by atoms with Crippen LogP contribution in [0.5, 0.6) is 0 Å². The maximum atomic E-state index is 10.3. The molecule has 0 spiro atoms. The van der Waals surface area contributed by atoms with Crippen LogP contribution in [0.15, 0.2) is 0 Å². The van der Waals surface area contributed by atoms with E-state index in [1.165, 1.54) is 0 Å². The Labute approximate surface area is 85.3 Å². The predicted molar refractivity (Wildman–Crippen MR) is 54.9 cm³/mol. The fraction of sp³-hybridized carbons (Fsp3) is 0.778. The first-order valence-corrected chi connectivity index (χ1v) is 4.59. The van der Waals surface area contributed by atoms with Crippen LogP contribution in [-0.2, 0) is 9.59 Å². The second kappa shape index (κ2) is 7.32. The van der Waals surface area contributed by atoms with Crippen LogP contribution in [0.2, 0.25) is 0 Å². The highest BCUT2D eigenvalue weighted by molar-refractivity contribution is 5.46. The highest BCUT2D eigenvalue weighted by Crippen LogP contribution is 1.85. The van der Waals surface area contributed by atoms with Crippen LogP contribution in [0, 0.1) is 0 Å². The Hall–Kier alpha value is -1.10. The minimum absolute atomic E-state index is 0.713. The molecule has 0 aromatic rings. The Morgan fingerprint density at radius 2 is 1.14 bits per heavy atom. The van der Waals surface area contributed by atoms with Gasteiger partial charge in [-0.05, 0) is 7.05 Å². The van der Waals surface area contributed by atoms with Crippen LogP contribution in [0.3, 0.4) is 0 Å². The second-order valence-corrected chi connectivity index (χ2v) is 3.48. The molecule has 0 aliphatic carbocycles. The maximum absolute atomic E-state index is 10.3. The molecular weight excluding hydrogens is 182 g/mol. The average Bonchev–Trinajstić information content (AvgIpc) is 2.22. The summed E-state index contributed by atoms with van der Waals surface area (Å²) in [5.41, 5.74) is 0. The highest BCUT2D eigenvalue weighted by Gasteiger charge is 2.01. The van der Waals surface area contributed by atoms with Gasteiger partial charge >= 0.3 is 0 Å². The zero-order valence-corrected chi connectivity index (χ0v) is 9.14. The van der Waals surface area contributed by atoms with Crippen molar-refractivity contribution >= 4 is 12.8 Å². The van der Waals surface area contributed by atoms with Gasteiger partial charge in [-0.1, -0.05) is 0 Å². The summed E-state index contributed by atoms with van der Waals surface area (Å²) in [4.78, 5) is 25.8. The number of carbonyl (C=O) groups excluding carboxylic acids is 2. The molecule has 0 radical (unpaired) electrons. The molecule has 0 rings (SSSR count). The number of hydrogen-bond donors (Lipinski definition) is 0. The third kappa shape index (κ3) is 6.42. The van der Waals surface area contributed by atoms with E-state index in [1.54, 1.807) is 23.9 Å². The molecular formula is C9H19N3O2. The first-order valence-electron chi connectivity index (χ1n) is 4.59. The van der Waals surface area contributed by atoms with Crippen LogP contribution < -0.4 is 0 Å². The van der Waals surface area contributed by atoms with Gasteiger partial charge in [0.1, 0.15) is 0 Å². The summed E-state index contributed by atoms with van der Waals surface area (Å²) in [6, 6.07) is 0. The lowest BCUT2D eigenvalue weighted by molar-refractivity contribution is -0.117. The van der Waals surface area contributed by atoms with E-state index in [0.717, 1.165) is 25.9 Å². The molecule has 0 fully saturated rings. The number of likely N-dealkylation sites (N-methyl/N-ethyl adjacent to an activating group) is 3. The lowest BCUT2D eigenvalue weighted by atomic mass is 10.4. The molecule has 0 unspecified atom stereocenters. The Kier molecular flexibility index (Phi) is 6.74. The van der Waals surface area contributed by atoms with Crippen LogP contribution in [0.4, 0.5) is 0 Å². The molecule has 0 aliphatic rings. The van der Waals surface area contributed by atoms with Gasteiger partial charge in [-0.25, -0.2) is 0 Å². The first-order chi connectivity index (χ1) is 6.60. The first kappa shape index (κ1) is 12.9. The monoisotopic (exact) mass is 201 g/mol. The summed E-state index contributed by atoms with van der Waals surface area (Å²) < 4.78 is 0. The normalized spacial score (nSPS) is 10.0. The van der Waals surface area contributed by atoms with Crippen molar-refractivity contribution < 1.29 is 9.59 Å². The van der Waals surface area contributed by atoms with E-state index in [9.17, 15) is 9.59 Å². The molecule has 0 heterocycles. The minimum atomic E-state index is 0.713. The zero-order chi connectivity index (χ0) is 11.0. The van der Waals surface area contributed by atoms with Gasteiger partial charge < -0.3 is 14.7 Å². The summed E-state index contributed by atoms with van der Waals surface area (Å²) in [5.74, 6) is 0. The standard InChI is InChI=1S/C9H19N3O2/c1-10(4-6-11(2)8-13)5-7-12(3)9-14/h8-9H,4-7H2,1-3H3. The van der Waals surface area contributed by atoms with E-state index in [4.69, 9.17) is 0 Å². The summed E-state index contributed by atoms with van der Waals surface area (Å²) in [6.45, 7) is 3.07. The van der Waals surface area contributed by atoms with Crippen molar-refractivity contribution in [2.45, 2.75) is 0 Å². The molecule has 0 bridgehead atoms. The van der Waals surface area contributed by atoms with Gasteiger partial charge in [-0.15, -0.1) is 0 Å². The Balaban J connectivity index is 3.49. The summed E-state index contributed by atoms with van der Waals surface area (Å²) in [7, 11) is 5.47. The smallest absolute Gasteiger partial charge is 0.209 e. The van der Waals surface area contributed by atoms with Crippen LogP contribution in [-0.4, -0.2) is 74.8 Å². The van der Waals surface area contributed by atoms with Crippen molar-refractivity contribution in [3.63, 3.8) is 0 Å². The third-order valence-corrected chi connectivity index (χ3v) is 2.03. The summed E-state index contributed by atoms with van der Waals surface area (Å²) in [5, 5.41) is 0. The van der Waals surface area contributed by atoms with Gasteiger partial charge in [-0.3, -0.25) is 9.59 Å². The molecule has 0 atom stereocenters. The van der Waals surface area contributed by atoms with E-state index in [1.807, 2.05) is 7.05 Å². The summed E-state index contributed by atoms with van der Waals surface area (Å²) in [6.07, 6.45) is 1.62. The number of amides is 2. The topological polar surface area (TPSA) is 43.9 Å². The molecule has 0 N–H and O–H groups in total. The van der Waals surface area contributed by atoms with Crippen molar-refractivity contribution in [3.05, 3.63) is 0 Å². The minimum Gasteiger partial charge on any atom is -0.347 e. The van der Waals surface area contributed by atoms with Crippen molar-refractivity contribution in [1.29, 1.82) is 0 Å². The van der Waals surface area contributed by atoms with Gasteiger partial charge in [0.2, 0.25) is 12.8 Å². The molecule has 2 amide bonds. The lowest BCUT2D eigenvalue weighted by Gasteiger charge is -2.21. The van der Waals surface area contributed by atoms with E-state index < -0.39 is 0 Å². The Bertz CT molecular complexity index is 157. The second-order valence-electron chi connectivity index (χ2n) is 3.48.